The molecule has 1 aliphatic rings. The van der Waals surface area contributed by atoms with E-state index in [0.29, 0.717) is 26.1 Å². The summed E-state index contributed by atoms with van der Waals surface area (Å²) in [7, 11) is 0. The Balaban J connectivity index is 1.39. The quantitative estimate of drug-likeness (QED) is 0.392. The number of hydrogen-bond acceptors (Lipinski definition) is 7. The van der Waals surface area contributed by atoms with E-state index in [2.05, 4.69) is 15.3 Å². The molecule has 1 fully saturated rings. The maximum atomic E-state index is 12.4. The van der Waals surface area contributed by atoms with Crippen LogP contribution in [0.3, 0.4) is 0 Å². The maximum absolute atomic E-state index is 12.4. The fraction of sp³-hybridized carbons (Fsp3) is 0.478. The van der Waals surface area contributed by atoms with Crippen LogP contribution in [0.15, 0.2) is 35.6 Å². The van der Waals surface area contributed by atoms with E-state index in [4.69, 9.17) is 14.7 Å². The van der Waals surface area contributed by atoms with Crippen molar-refractivity contribution < 1.29 is 9.53 Å². The van der Waals surface area contributed by atoms with E-state index in [1.165, 1.54) is 31.0 Å². The fourth-order valence-electron chi connectivity index (χ4n) is 3.94. The normalized spacial score (nSPS) is 14.0. The summed E-state index contributed by atoms with van der Waals surface area (Å²) in [6, 6.07) is 7.64. The summed E-state index contributed by atoms with van der Waals surface area (Å²) in [4.78, 5) is 24.2. The minimum Gasteiger partial charge on any atom is -0.494 e. The number of rotatable bonds is 9. The van der Waals surface area contributed by atoms with Gasteiger partial charge < -0.3 is 15.0 Å². The van der Waals surface area contributed by atoms with Crippen molar-refractivity contribution in [3.05, 3.63) is 36.0 Å². The number of thioether (sulfide) groups is 1. The van der Waals surface area contributed by atoms with Crippen molar-refractivity contribution in [3.8, 4) is 5.75 Å². The maximum Gasteiger partial charge on any atom is 0.224 e. The van der Waals surface area contributed by atoms with Crippen molar-refractivity contribution in [3.63, 3.8) is 0 Å². The first-order valence-electron chi connectivity index (χ1n) is 11.2. The summed E-state index contributed by atoms with van der Waals surface area (Å²) in [5.74, 6) is 1.78. The zero-order valence-electron chi connectivity index (χ0n) is 18.7. The van der Waals surface area contributed by atoms with Crippen molar-refractivity contribution in [2.24, 2.45) is 0 Å². The van der Waals surface area contributed by atoms with Crippen LogP contribution < -0.4 is 15.0 Å². The van der Waals surface area contributed by atoms with E-state index >= 15 is 0 Å². The number of ether oxygens (including phenoxy) is 1. The van der Waals surface area contributed by atoms with E-state index in [-0.39, 0.29) is 5.91 Å². The van der Waals surface area contributed by atoms with Crippen molar-refractivity contribution in [2.45, 2.75) is 44.3 Å². The largest absolute Gasteiger partial charge is 0.494 e. The molecule has 170 valence electrons. The number of hydrogen-bond donors (Lipinski definition) is 1. The van der Waals surface area contributed by atoms with Crippen LogP contribution in [0.5, 0.6) is 5.75 Å². The number of anilines is 1. The summed E-state index contributed by atoms with van der Waals surface area (Å²) in [6.45, 7) is 5.67. The van der Waals surface area contributed by atoms with Gasteiger partial charge in [0.15, 0.2) is 10.8 Å². The van der Waals surface area contributed by atoms with Crippen molar-refractivity contribution >= 4 is 34.5 Å². The number of amides is 1. The van der Waals surface area contributed by atoms with Crippen molar-refractivity contribution in [1.82, 2.24) is 25.1 Å². The molecule has 4 rings (SSSR count). The van der Waals surface area contributed by atoms with Crippen LogP contribution in [-0.2, 0) is 17.8 Å². The van der Waals surface area contributed by atoms with Crippen LogP contribution in [0.4, 0.5) is 5.82 Å². The van der Waals surface area contributed by atoms with Gasteiger partial charge in [-0.3, -0.25) is 4.79 Å². The average molecular weight is 455 g/mol. The predicted molar refractivity (Wildman–Crippen MR) is 127 cm³/mol. The van der Waals surface area contributed by atoms with Gasteiger partial charge in [0.1, 0.15) is 11.6 Å². The van der Waals surface area contributed by atoms with Gasteiger partial charge in [-0.25, -0.2) is 14.6 Å². The summed E-state index contributed by atoms with van der Waals surface area (Å²) in [6.07, 6.45) is 7.83. The average Bonchev–Trinajstić information content (AvgIpc) is 3.23. The van der Waals surface area contributed by atoms with Crippen LogP contribution in [0.2, 0.25) is 0 Å². The van der Waals surface area contributed by atoms with Crippen LogP contribution >= 0.6 is 11.8 Å². The van der Waals surface area contributed by atoms with Gasteiger partial charge in [-0.05, 0) is 50.1 Å². The molecule has 9 heteroatoms. The first-order chi connectivity index (χ1) is 15.7. The third-order valence-electron chi connectivity index (χ3n) is 5.54. The molecule has 0 spiro atoms. The second kappa shape index (κ2) is 10.7. The second-order valence-electron chi connectivity index (χ2n) is 7.79. The first kappa shape index (κ1) is 22.4. The van der Waals surface area contributed by atoms with Gasteiger partial charge >= 0.3 is 0 Å². The lowest BCUT2D eigenvalue weighted by atomic mass is 10.1. The fourth-order valence-corrected chi connectivity index (χ4v) is 4.30. The van der Waals surface area contributed by atoms with Crippen LogP contribution in [-0.4, -0.2) is 58.2 Å². The van der Waals surface area contributed by atoms with Gasteiger partial charge in [-0.1, -0.05) is 23.9 Å². The Morgan fingerprint density at radius 2 is 1.94 bits per heavy atom. The Morgan fingerprint density at radius 1 is 1.16 bits per heavy atom. The monoisotopic (exact) mass is 454 g/mol. The molecule has 0 atom stereocenters. The molecule has 3 heterocycles. The number of nitrogens with zero attached hydrogens (tertiary/aromatic N) is 5. The smallest absolute Gasteiger partial charge is 0.224 e. The lowest BCUT2D eigenvalue weighted by Crippen LogP contribution is -2.30. The van der Waals surface area contributed by atoms with Crippen LogP contribution in [0.25, 0.3) is 11.0 Å². The molecule has 1 amide bonds. The van der Waals surface area contributed by atoms with E-state index < -0.39 is 0 Å². The Bertz CT molecular complexity index is 1050. The summed E-state index contributed by atoms with van der Waals surface area (Å²) >= 11 is 1.54. The summed E-state index contributed by atoms with van der Waals surface area (Å²) in [5.41, 5.74) is 1.78. The van der Waals surface area contributed by atoms with Crippen molar-refractivity contribution in [1.29, 1.82) is 0 Å². The van der Waals surface area contributed by atoms with Crippen LogP contribution in [0.1, 0.15) is 31.7 Å². The molecule has 0 bridgehead atoms. The highest BCUT2D eigenvalue weighted by Crippen LogP contribution is 2.28. The van der Waals surface area contributed by atoms with Gasteiger partial charge in [0.05, 0.1) is 31.2 Å². The lowest BCUT2D eigenvalue weighted by Gasteiger charge is -2.28. The highest BCUT2D eigenvalue weighted by Gasteiger charge is 2.19. The second-order valence-corrected chi connectivity index (χ2v) is 8.56. The Morgan fingerprint density at radius 3 is 2.66 bits per heavy atom. The number of benzene rings is 1. The molecule has 1 aliphatic heterocycles. The molecule has 32 heavy (non-hydrogen) atoms. The standard InChI is InChI=1S/C23H30N6O2S/c1-3-31-18-9-7-17(8-10-18)15-20(30)24-11-14-29-22-19(16-25-29)21(26-23(27-22)32-2)28-12-5-4-6-13-28/h7-10,16H,3-6,11-15H2,1-2H3,(H,24,30). The van der Waals surface area contributed by atoms with E-state index in [1.807, 2.05) is 48.3 Å². The molecule has 0 unspecified atom stereocenters. The molecule has 0 saturated carbocycles. The predicted octanol–water partition coefficient (Wildman–Crippen LogP) is 3.30. The van der Waals surface area contributed by atoms with E-state index in [1.54, 1.807) is 0 Å². The molecule has 2 aromatic heterocycles. The molecule has 8 nitrogen and oxygen atoms in total. The highest BCUT2D eigenvalue weighted by atomic mass is 32.2. The highest BCUT2D eigenvalue weighted by molar-refractivity contribution is 7.98. The number of carbonyl (C=O) groups is 1. The zero-order valence-corrected chi connectivity index (χ0v) is 19.5. The summed E-state index contributed by atoms with van der Waals surface area (Å²) in [5, 5.41) is 9.26. The molecule has 1 aromatic carbocycles. The Kier molecular flexibility index (Phi) is 7.47. The number of carbonyl (C=O) groups excluding carboxylic acids is 1. The SMILES string of the molecule is CCOc1ccc(CC(=O)NCCn2ncc3c(N4CCCCC4)nc(SC)nc32)cc1. The Labute approximate surface area is 192 Å². The van der Waals surface area contributed by atoms with Gasteiger partial charge in [0.2, 0.25) is 5.91 Å². The molecule has 0 aliphatic carbocycles. The number of piperidine rings is 1. The minimum absolute atomic E-state index is 0.0148. The van der Waals surface area contributed by atoms with Gasteiger partial charge in [0.25, 0.3) is 0 Å². The number of nitrogens with one attached hydrogen (secondary N) is 1. The molecule has 1 N–H and O–H groups in total. The molecular formula is C23H30N6O2S. The summed E-state index contributed by atoms with van der Waals surface area (Å²) < 4.78 is 7.31. The zero-order chi connectivity index (χ0) is 22.3. The van der Waals surface area contributed by atoms with E-state index in [0.717, 1.165) is 46.4 Å². The number of aromatic nitrogens is 4. The molecule has 0 radical (unpaired) electrons. The topological polar surface area (TPSA) is 85.2 Å². The third kappa shape index (κ3) is 5.32. The third-order valence-corrected chi connectivity index (χ3v) is 6.09. The minimum atomic E-state index is -0.0148. The molecular weight excluding hydrogens is 424 g/mol. The van der Waals surface area contributed by atoms with Gasteiger partial charge in [0, 0.05) is 19.6 Å². The lowest BCUT2D eigenvalue weighted by molar-refractivity contribution is -0.120. The molecule has 3 aromatic rings. The first-order valence-corrected chi connectivity index (χ1v) is 12.4. The van der Waals surface area contributed by atoms with Crippen molar-refractivity contribution in [2.75, 3.05) is 37.4 Å². The number of fused-ring (bicyclic) bond motifs is 1. The van der Waals surface area contributed by atoms with Gasteiger partial charge in [-0.15, -0.1) is 0 Å². The van der Waals surface area contributed by atoms with E-state index in [9.17, 15) is 4.79 Å². The molecule has 1 saturated heterocycles. The van der Waals surface area contributed by atoms with Crippen LogP contribution in [0, 0.1) is 0 Å². The van der Waals surface area contributed by atoms with Gasteiger partial charge in [-0.2, -0.15) is 5.10 Å². The Hall–Kier alpha value is -2.81.